The molecule has 180 valence electrons. The van der Waals surface area contributed by atoms with Gasteiger partial charge in [-0.15, -0.1) is 0 Å². The van der Waals surface area contributed by atoms with E-state index < -0.39 is 23.5 Å². The lowest BCUT2D eigenvalue weighted by atomic mass is 9.90. The second-order valence-electron chi connectivity index (χ2n) is 9.07. The molecule has 0 N–H and O–H groups in total. The molecule has 0 radical (unpaired) electrons. The number of hydrogen-bond acceptors (Lipinski definition) is 5. The molecular weight excluding hydrogens is 450 g/mol. The van der Waals surface area contributed by atoms with E-state index in [2.05, 4.69) is 19.8 Å². The van der Waals surface area contributed by atoms with Crippen molar-refractivity contribution >= 4 is 11.9 Å². The van der Waals surface area contributed by atoms with Gasteiger partial charge in [-0.3, -0.25) is 9.69 Å². The number of nitrogens with zero attached hydrogens (tertiary/aromatic N) is 5. The number of aromatic nitrogens is 2. The standard InChI is InChI=1S/C24H25F4N5O/c1-15(34)32-14-18-8-9-21(33(18)23-29-11-17(25)12-30-23)22(32)31-10-4-5-16(13-31)19-6-2-3-7-20(19)24(26,27)28/h2-7,11-12,16,18,21-22H,8-10,13-14H2,1H3/t16?,18?,21-,22?/m0/s1. The van der Waals surface area contributed by atoms with Crippen LogP contribution in [0.3, 0.4) is 0 Å². The van der Waals surface area contributed by atoms with Gasteiger partial charge in [0.05, 0.1) is 30.0 Å². The second-order valence-corrected chi connectivity index (χ2v) is 9.07. The maximum Gasteiger partial charge on any atom is 0.416 e. The number of likely N-dealkylation sites (tertiary alicyclic amines) is 1. The second kappa shape index (κ2) is 8.65. The maximum atomic E-state index is 13.7. The van der Waals surface area contributed by atoms with Crippen LogP contribution in [0.5, 0.6) is 0 Å². The molecule has 10 heteroatoms. The lowest BCUT2D eigenvalue weighted by molar-refractivity contribution is -0.138. The van der Waals surface area contributed by atoms with Crippen molar-refractivity contribution in [1.29, 1.82) is 0 Å². The highest BCUT2D eigenvalue weighted by molar-refractivity contribution is 5.74. The molecule has 0 saturated carbocycles. The first kappa shape index (κ1) is 22.8. The summed E-state index contributed by atoms with van der Waals surface area (Å²) in [6, 6.07) is 5.52. The molecule has 4 heterocycles. The quantitative estimate of drug-likeness (QED) is 0.499. The molecule has 1 aromatic carbocycles. The van der Waals surface area contributed by atoms with Crippen LogP contribution in [0.15, 0.2) is 48.8 Å². The van der Waals surface area contributed by atoms with Crippen molar-refractivity contribution in [2.45, 2.75) is 50.1 Å². The minimum atomic E-state index is -4.45. The van der Waals surface area contributed by atoms with Crippen molar-refractivity contribution in [1.82, 2.24) is 19.8 Å². The van der Waals surface area contributed by atoms with Gasteiger partial charge < -0.3 is 9.80 Å². The van der Waals surface area contributed by atoms with Crippen LogP contribution in [0.2, 0.25) is 0 Å². The van der Waals surface area contributed by atoms with E-state index in [-0.39, 0.29) is 29.7 Å². The molecule has 3 unspecified atom stereocenters. The Labute approximate surface area is 194 Å². The number of piperazine rings is 1. The molecule has 3 aliphatic heterocycles. The van der Waals surface area contributed by atoms with E-state index in [0.29, 0.717) is 25.6 Å². The first-order chi connectivity index (χ1) is 16.2. The van der Waals surface area contributed by atoms with Crippen LogP contribution < -0.4 is 4.90 Å². The Bertz CT molecular complexity index is 1090. The van der Waals surface area contributed by atoms with Crippen LogP contribution in [0.25, 0.3) is 0 Å². The molecule has 1 aromatic heterocycles. The number of hydrogen-bond donors (Lipinski definition) is 0. The van der Waals surface area contributed by atoms with Crippen LogP contribution in [-0.4, -0.2) is 63.6 Å². The van der Waals surface area contributed by atoms with E-state index >= 15 is 0 Å². The highest BCUT2D eigenvalue weighted by atomic mass is 19.4. The monoisotopic (exact) mass is 475 g/mol. The highest BCUT2D eigenvalue weighted by Crippen LogP contribution is 2.41. The molecular formula is C24H25F4N5O. The van der Waals surface area contributed by atoms with E-state index in [4.69, 9.17) is 0 Å². The van der Waals surface area contributed by atoms with Crippen LogP contribution in [-0.2, 0) is 11.0 Å². The summed E-state index contributed by atoms with van der Waals surface area (Å²) < 4.78 is 54.5. The van der Waals surface area contributed by atoms with Crippen LogP contribution >= 0.6 is 0 Å². The molecule has 34 heavy (non-hydrogen) atoms. The zero-order chi connectivity index (χ0) is 24.0. The van der Waals surface area contributed by atoms with Crippen LogP contribution in [0.1, 0.15) is 36.8 Å². The Morgan fingerprint density at radius 2 is 1.82 bits per heavy atom. The third-order valence-corrected chi connectivity index (χ3v) is 7.04. The summed E-state index contributed by atoms with van der Waals surface area (Å²) >= 11 is 0. The predicted octanol–water partition coefficient (Wildman–Crippen LogP) is 3.82. The predicted molar refractivity (Wildman–Crippen MR) is 117 cm³/mol. The summed E-state index contributed by atoms with van der Waals surface area (Å²) in [4.78, 5) is 26.9. The maximum absolute atomic E-state index is 13.7. The van der Waals surface area contributed by atoms with E-state index in [1.54, 1.807) is 6.07 Å². The molecule has 5 rings (SSSR count). The average Bonchev–Trinajstić information content (AvgIpc) is 3.11. The first-order valence-corrected chi connectivity index (χ1v) is 11.3. The number of halogens is 4. The number of amides is 1. The van der Waals surface area contributed by atoms with Gasteiger partial charge >= 0.3 is 6.18 Å². The van der Waals surface area contributed by atoms with Gasteiger partial charge in [0.25, 0.3) is 0 Å². The fourth-order valence-corrected chi connectivity index (χ4v) is 5.68. The minimum absolute atomic E-state index is 0.0118. The average molecular weight is 475 g/mol. The Kier molecular flexibility index (Phi) is 5.79. The molecule has 0 spiro atoms. The number of carbonyl (C=O) groups excluding carboxylic acids is 1. The Morgan fingerprint density at radius 1 is 1.09 bits per heavy atom. The van der Waals surface area contributed by atoms with E-state index in [1.807, 2.05) is 17.1 Å². The van der Waals surface area contributed by atoms with E-state index in [9.17, 15) is 22.4 Å². The number of alkyl halides is 3. The smallest absolute Gasteiger partial charge is 0.330 e. The molecule has 6 nitrogen and oxygen atoms in total. The van der Waals surface area contributed by atoms with Crippen molar-refractivity contribution in [2.24, 2.45) is 0 Å². The van der Waals surface area contributed by atoms with Gasteiger partial charge in [0.1, 0.15) is 6.17 Å². The lowest BCUT2D eigenvalue weighted by Crippen LogP contribution is -2.67. The minimum Gasteiger partial charge on any atom is -0.330 e. The Morgan fingerprint density at radius 3 is 2.53 bits per heavy atom. The molecule has 1 amide bonds. The number of fused-ring (bicyclic) bond motifs is 2. The molecule has 2 fully saturated rings. The topological polar surface area (TPSA) is 52.6 Å². The molecule has 0 aliphatic carbocycles. The Hall–Kier alpha value is -3.01. The normalized spacial score (nSPS) is 27.3. The fraction of sp³-hybridized carbons (Fsp3) is 0.458. The van der Waals surface area contributed by atoms with Gasteiger partial charge in [-0.1, -0.05) is 30.4 Å². The van der Waals surface area contributed by atoms with Gasteiger partial charge in [0, 0.05) is 32.5 Å². The summed E-state index contributed by atoms with van der Waals surface area (Å²) in [5.41, 5.74) is -0.412. The van der Waals surface area contributed by atoms with E-state index in [1.165, 1.54) is 19.1 Å². The summed E-state index contributed by atoms with van der Waals surface area (Å²) in [6.07, 6.45) is 2.76. The number of carbonyl (C=O) groups is 1. The summed E-state index contributed by atoms with van der Waals surface area (Å²) in [6.45, 7) is 2.84. The highest BCUT2D eigenvalue weighted by Gasteiger charge is 2.50. The number of rotatable bonds is 3. The number of benzene rings is 1. The van der Waals surface area contributed by atoms with Crippen molar-refractivity contribution in [3.63, 3.8) is 0 Å². The van der Waals surface area contributed by atoms with E-state index in [0.717, 1.165) is 31.3 Å². The summed E-state index contributed by atoms with van der Waals surface area (Å²) in [7, 11) is 0. The van der Waals surface area contributed by atoms with Crippen molar-refractivity contribution in [3.05, 3.63) is 65.8 Å². The first-order valence-electron chi connectivity index (χ1n) is 11.3. The third kappa shape index (κ3) is 4.04. The molecule has 4 atom stereocenters. The fourth-order valence-electron chi connectivity index (χ4n) is 5.68. The van der Waals surface area contributed by atoms with Gasteiger partial charge in [0.2, 0.25) is 11.9 Å². The molecule has 2 bridgehead atoms. The SMILES string of the molecule is CC(=O)N1CC2CC[C@@H](C1N1CC=CC(c3ccccc3C(F)(F)F)C1)N2c1ncc(F)cn1. The zero-order valence-electron chi connectivity index (χ0n) is 18.6. The number of anilines is 1. The third-order valence-electron chi connectivity index (χ3n) is 7.04. The van der Waals surface area contributed by atoms with Crippen LogP contribution in [0, 0.1) is 5.82 Å². The largest absolute Gasteiger partial charge is 0.416 e. The lowest BCUT2D eigenvalue weighted by Gasteiger charge is -2.51. The van der Waals surface area contributed by atoms with Gasteiger partial charge in [0.15, 0.2) is 5.82 Å². The summed E-state index contributed by atoms with van der Waals surface area (Å²) in [5, 5.41) is 0. The van der Waals surface area contributed by atoms with Gasteiger partial charge in [-0.05, 0) is 24.5 Å². The molecule has 3 aliphatic rings. The Balaban J connectivity index is 1.47. The van der Waals surface area contributed by atoms with Gasteiger partial charge in [-0.25, -0.2) is 14.4 Å². The molecule has 2 aromatic rings. The zero-order valence-corrected chi connectivity index (χ0v) is 18.6. The van der Waals surface area contributed by atoms with Gasteiger partial charge in [-0.2, -0.15) is 13.2 Å². The van der Waals surface area contributed by atoms with Crippen molar-refractivity contribution in [2.75, 3.05) is 24.5 Å². The molecule has 2 saturated heterocycles. The van der Waals surface area contributed by atoms with Crippen LogP contribution in [0.4, 0.5) is 23.5 Å². The summed E-state index contributed by atoms with van der Waals surface area (Å²) in [5.74, 6) is -0.658. The van der Waals surface area contributed by atoms with Crippen molar-refractivity contribution < 1.29 is 22.4 Å². The van der Waals surface area contributed by atoms with Crippen molar-refractivity contribution in [3.8, 4) is 0 Å².